The third kappa shape index (κ3) is 5.00. The van der Waals surface area contributed by atoms with Crippen LogP contribution in [0.4, 0.5) is 11.4 Å². The summed E-state index contributed by atoms with van der Waals surface area (Å²) in [6.07, 6.45) is 0. The molecule has 0 radical (unpaired) electrons. The first kappa shape index (κ1) is 22.7. The van der Waals surface area contributed by atoms with E-state index < -0.39 is 22.5 Å². The lowest BCUT2D eigenvalue weighted by molar-refractivity contribution is -0.116. The van der Waals surface area contributed by atoms with E-state index in [1.807, 2.05) is 25.1 Å². The van der Waals surface area contributed by atoms with E-state index in [-0.39, 0.29) is 15.6 Å². The second-order valence-corrected chi connectivity index (χ2v) is 9.20. The number of ether oxygens (including phenoxy) is 1. The minimum absolute atomic E-state index is 0.0835. The Morgan fingerprint density at radius 2 is 1.61 bits per heavy atom. The van der Waals surface area contributed by atoms with Crippen LogP contribution >= 0.6 is 11.6 Å². The zero-order valence-electron chi connectivity index (χ0n) is 17.4. The van der Waals surface area contributed by atoms with Gasteiger partial charge in [0, 0.05) is 12.7 Å². The molecule has 0 aliphatic rings. The molecular weight excluding hydrogens is 436 g/mol. The van der Waals surface area contributed by atoms with Crippen LogP contribution in [0.25, 0.3) is 0 Å². The van der Waals surface area contributed by atoms with E-state index in [1.54, 1.807) is 43.4 Å². The number of carbonyl (C=O) groups is 1. The minimum atomic E-state index is -4.03. The van der Waals surface area contributed by atoms with Crippen molar-refractivity contribution >= 4 is 38.9 Å². The molecule has 0 atom stereocenters. The van der Waals surface area contributed by atoms with Crippen molar-refractivity contribution in [1.29, 1.82) is 0 Å². The number of hydrogen-bond donors (Lipinski definition) is 0. The van der Waals surface area contributed by atoms with E-state index in [9.17, 15) is 13.2 Å². The van der Waals surface area contributed by atoms with Gasteiger partial charge in [0.05, 0.1) is 22.7 Å². The molecule has 6 nitrogen and oxygen atoms in total. The number of sulfonamides is 1. The standard InChI is InChI=1S/C23H23ClN2O4S/c1-17-9-12-20(13-10-17)31(28,29)26(19-11-14-22(30-3)21(24)15-19)16-23(27)25(2)18-7-5-4-6-8-18/h4-15H,16H2,1-3H3. The molecule has 1 amide bonds. The first-order chi connectivity index (χ1) is 14.7. The van der Waals surface area contributed by atoms with E-state index in [4.69, 9.17) is 16.3 Å². The maximum atomic E-state index is 13.5. The number of nitrogens with zero attached hydrogens (tertiary/aromatic N) is 2. The Hall–Kier alpha value is -3.03. The number of para-hydroxylation sites is 1. The molecule has 0 bridgehead atoms. The van der Waals surface area contributed by atoms with Gasteiger partial charge in [0.2, 0.25) is 5.91 Å². The van der Waals surface area contributed by atoms with Crippen LogP contribution in [0.1, 0.15) is 5.56 Å². The van der Waals surface area contributed by atoms with E-state index in [1.165, 1.54) is 30.2 Å². The molecule has 0 saturated heterocycles. The van der Waals surface area contributed by atoms with Gasteiger partial charge in [-0.3, -0.25) is 9.10 Å². The Kier molecular flexibility index (Phi) is 6.87. The number of anilines is 2. The van der Waals surface area contributed by atoms with Crippen molar-refractivity contribution in [2.24, 2.45) is 0 Å². The van der Waals surface area contributed by atoms with Gasteiger partial charge in [0.25, 0.3) is 10.0 Å². The Morgan fingerprint density at radius 3 is 2.19 bits per heavy atom. The highest BCUT2D eigenvalue weighted by Gasteiger charge is 2.29. The fraction of sp³-hybridized carbons (Fsp3) is 0.174. The number of methoxy groups -OCH3 is 1. The maximum absolute atomic E-state index is 13.5. The number of hydrogen-bond acceptors (Lipinski definition) is 4. The SMILES string of the molecule is COc1ccc(N(CC(=O)N(C)c2ccccc2)S(=O)(=O)c2ccc(C)cc2)cc1Cl. The van der Waals surface area contributed by atoms with Gasteiger partial charge in [-0.25, -0.2) is 8.42 Å². The van der Waals surface area contributed by atoms with Gasteiger partial charge in [-0.1, -0.05) is 47.5 Å². The third-order valence-corrected chi connectivity index (χ3v) is 6.91. The van der Waals surface area contributed by atoms with Gasteiger partial charge in [-0.05, 0) is 49.4 Å². The molecule has 0 saturated carbocycles. The normalized spacial score (nSPS) is 11.1. The summed E-state index contributed by atoms with van der Waals surface area (Å²) in [5, 5.41) is 0.243. The predicted molar refractivity (Wildman–Crippen MR) is 124 cm³/mol. The molecule has 0 aliphatic carbocycles. The summed E-state index contributed by atoms with van der Waals surface area (Å²) in [6.45, 7) is 1.47. The van der Waals surface area contributed by atoms with Crippen LogP contribution in [0.2, 0.25) is 5.02 Å². The lowest BCUT2D eigenvalue weighted by Gasteiger charge is -2.27. The van der Waals surface area contributed by atoms with E-state index in [0.29, 0.717) is 11.4 Å². The van der Waals surface area contributed by atoms with Crippen molar-refractivity contribution in [3.63, 3.8) is 0 Å². The Balaban J connectivity index is 2.03. The monoisotopic (exact) mass is 458 g/mol. The number of likely N-dealkylation sites (N-methyl/N-ethyl adjacent to an activating group) is 1. The summed E-state index contributed by atoms with van der Waals surface area (Å²) in [7, 11) is -0.953. The van der Waals surface area contributed by atoms with Gasteiger partial charge >= 0.3 is 0 Å². The average Bonchev–Trinajstić information content (AvgIpc) is 2.77. The first-order valence-electron chi connectivity index (χ1n) is 9.48. The van der Waals surface area contributed by atoms with Crippen LogP contribution in [0.3, 0.4) is 0 Å². The zero-order chi connectivity index (χ0) is 22.6. The van der Waals surface area contributed by atoms with Crippen LogP contribution in [0, 0.1) is 6.92 Å². The second kappa shape index (κ2) is 9.41. The van der Waals surface area contributed by atoms with Crippen molar-refractivity contribution in [3.05, 3.63) is 83.4 Å². The molecule has 162 valence electrons. The molecule has 0 aromatic heterocycles. The quantitative estimate of drug-likeness (QED) is 0.522. The van der Waals surface area contributed by atoms with Crippen LogP contribution in [0.5, 0.6) is 5.75 Å². The Morgan fingerprint density at radius 1 is 0.968 bits per heavy atom. The average molecular weight is 459 g/mol. The third-order valence-electron chi connectivity index (χ3n) is 4.83. The Labute approximate surface area is 187 Å². The molecule has 31 heavy (non-hydrogen) atoms. The van der Waals surface area contributed by atoms with Gasteiger partial charge in [0.1, 0.15) is 12.3 Å². The number of benzene rings is 3. The van der Waals surface area contributed by atoms with Gasteiger partial charge < -0.3 is 9.64 Å². The molecule has 0 aliphatic heterocycles. The van der Waals surface area contributed by atoms with Crippen molar-refractivity contribution in [3.8, 4) is 5.75 Å². The molecule has 3 rings (SSSR count). The minimum Gasteiger partial charge on any atom is -0.495 e. The summed E-state index contributed by atoms with van der Waals surface area (Å²) >= 11 is 6.24. The second-order valence-electron chi connectivity index (χ2n) is 6.93. The smallest absolute Gasteiger partial charge is 0.264 e. The van der Waals surface area contributed by atoms with Crippen LogP contribution in [-0.2, 0) is 14.8 Å². The van der Waals surface area contributed by atoms with Gasteiger partial charge in [-0.15, -0.1) is 0 Å². The van der Waals surface area contributed by atoms with E-state index >= 15 is 0 Å². The molecule has 0 spiro atoms. The van der Waals surface area contributed by atoms with Crippen LogP contribution in [0.15, 0.2) is 77.7 Å². The maximum Gasteiger partial charge on any atom is 0.264 e. The largest absolute Gasteiger partial charge is 0.495 e. The van der Waals surface area contributed by atoms with Crippen molar-refractivity contribution in [2.75, 3.05) is 29.9 Å². The summed E-state index contributed by atoms with van der Waals surface area (Å²) in [5.74, 6) is 0.0136. The number of amides is 1. The molecule has 0 unspecified atom stereocenters. The zero-order valence-corrected chi connectivity index (χ0v) is 19.0. The highest BCUT2D eigenvalue weighted by molar-refractivity contribution is 7.92. The van der Waals surface area contributed by atoms with Crippen LogP contribution < -0.4 is 13.9 Å². The lowest BCUT2D eigenvalue weighted by Crippen LogP contribution is -2.41. The summed E-state index contributed by atoms with van der Waals surface area (Å²) < 4.78 is 33.2. The fourth-order valence-corrected chi connectivity index (χ4v) is 4.65. The van der Waals surface area contributed by atoms with Crippen molar-refractivity contribution < 1.29 is 17.9 Å². The summed E-state index contributed by atoms with van der Waals surface area (Å²) in [6, 6.07) is 20.1. The highest BCUT2D eigenvalue weighted by atomic mass is 35.5. The molecule has 3 aromatic rings. The van der Waals surface area contributed by atoms with Crippen LogP contribution in [-0.4, -0.2) is 35.0 Å². The number of aryl methyl sites for hydroxylation is 1. The van der Waals surface area contributed by atoms with E-state index in [2.05, 4.69) is 0 Å². The Bertz CT molecular complexity index is 1170. The molecule has 0 heterocycles. The number of halogens is 1. The molecule has 0 N–H and O–H groups in total. The molecule has 0 fully saturated rings. The number of rotatable bonds is 7. The summed E-state index contributed by atoms with van der Waals surface area (Å²) in [4.78, 5) is 14.5. The predicted octanol–water partition coefficient (Wildman–Crippen LogP) is 4.52. The highest BCUT2D eigenvalue weighted by Crippen LogP contribution is 2.32. The van der Waals surface area contributed by atoms with Crippen molar-refractivity contribution in [1.82, 2.24) is 0 Å². The van der Waals surface area contributed by atoms with E-state index in [0.717, 1.165) is 9.87 Å². The van der Waals surface area contributed by atoms with Crippen molar-refractivity contribution in [2.45, 2.75) is 11.8 Å². The molecule has 8 heteroatoms. The number of carbonyl (C=O) groups excluding carboxylic acids is 1. The summed E-state index contributed by atoms with van der Waals surface area (Å²) in [5.41, 5.74) is 1.85. The fourth-order valence-electron chi connectivity index (χ4n) is 2.99. The molecular formula is C23H23ClN2O4S. The lowest BCUT2D eigenvalue weighted by atomic mass is 10.2. The first-order valence-corrected chi connectivity index (χ1v) is 11.3. The van der Waals surface area contributed by atoms with Gasteiger partial charge in [0.15, 0.2) is 0 Å². The molecule has 3 aromatic carbocycles. The van der Waals surface area contributed by atoms with Gasteiger partial charge in [-0.2, -0.15) is 0 Å². The topological polar surface area (TPSA) is 66.9 Å².